The van der Waals surface area contributed by atoms with Gasteiger partial charge in [0.2, 0.25) is 0 Å². The van der Waals surface area contributed by atoms with Gasteiger partial charge in [-0.25, -0.2) is 0 Å². The van der Waals surface area contributed by atoms with E-state index in [0.29, 0.717) is 17.2 Å². The molecule has 0 spiro atoms. The molecule has 0 aliphatic carbocycles. The standard InChI is InChI=1S/C12H13ClN2O2/c1-16-9-5-2-8(3-6-9)4-7-10-11(13)12(14)15-17-10/h2-3,5-6H,4,7H2,1H3,(H2,14,15). The third kappa shape index (κ3) is 2.71. The number of aromatic nitrogens is 1. The molecule has 2 N–H and O–H groups in total. The Bertz CT molecular complexity index is 494. The van der Waals surface area contributed by atoms with Gasteiger partial charge in [0, 0.05) is 6.42 Å². The van der Waals surface area contributed by atoms with E-state index >= 15 is 0 Å². The van der Waals surface area contributed by atoms with Gasteiger partial charge in [0.25, 0.3) is 0 Å². The Morgan fingerprint density at radius 3 is 2.53 bits per heavy atom. The van der Waals surface area contributed by atoms with Crippen molar-refractivity contribution in [3.8, 4) is 5.75 Å². The maximum atomic E-state index is 5.92. The minimum absolute atomic E-state index is 0.247. The molecular weight excluding hydrogens is 240 g/mol. The quantitative estimate of drug-likeness (QED) is 0.909. The van der Waals surface area contributed by atoms with Gasteiger partial charge in [-0.1, -0.05) is 28.9 Å². The molecule has 0 fully saturated rings. The number of ether oxygens (including phenoxy) is 1. The molecule has 0 aliphatic rings. The van der Waals surface area contributed by atoms with Crippen LogP contribution in [0.2, 0.25) is 5.02 Å². The molecule has 0 bridgehead atoms. The van der Waals surface area contributed by atoms with Gasteiger partial charge in [-0.2, -0.15) is 0 Å². The van der Waals surface area contributed by atoms with Crippen LogP contribution in [0.3, 0.4) is 0 Å². The lowest BCUT2D eigenvalue weighted by Crippen LogP contribution is -1.91. The molecular formula is C12H13ClN2O2. The Morgan fingerprint density at radius 2 is 2.00 bits per heavy atom. The SMILES string of the molecule is COc1ccc(CCc2onc(N)c2Cl)cc1. The van der Waals surface area contributed by atoms with Gasteiger partial charge in [-0.05, 0) is 24.1 Å². The van der Waals surface area contributed by atoms with E-state index in [4.69, 9.17) is 26.6 Å². The molecule has 1 aromatic carbocycles. The highest BCUT2D eigenvalue weighted by atomic mass is 35.5. The van der Waals surface area contributed by atoms with Gasteiger partial charge in [0.05, 0.1) is 7.11 Å². The first-order valence-electron chi connectivity index (χ1n) is 5.23. The van der Waals surface area contributed by atoms with Crippen LogP contribution in [0.15, 0.2) is 28.8 Å². The van der Waals surface area contributed by atoms with Crippen LogP contribution in [0.1, 0.15) is 11.3 Å². The molecule has 1 heterocycles. The molecule has 1 aromatic heterocycles. The maximum Gasteiger partial charge on any atom is 0.185 e. The number of nitrogens with two attached hydrogens (primary N) is 1. The normalized spacial score (nSPS) is 10.5. The fraction of sp³-hybridized carbons (Fsp3) is 0.250. The predicted octanol–water partition coefficient (Wildman–Crippen LogP) is 2.70. The summed E-state index contributed by atoms with van der Waals surface area (Å²) in [5, 5.41) is 4.02. The van der Waals surface area contributed by atoms with Crippen LogP contribution in [0.4, 0.5) is 5.82 Å². The molecule has 90 valence electrons. The summed E-state index contributed by atoms with van der Waals surface area (Å²) in [6.07, 6.45) is 1.49. The number of anilines is 1. The number of nitrogen functional groups attached to an aromatic ring is 1. The molecule has 0 atom stereocenters. The largest absolute Gasteiger partial charge is 0.497 e. The summed E-state index contributed by atoms with van der Waals surface area (Å²) in [6.45, 7) is 0. The molecule has 17 heavy (non-hydrogen) atoms. The van der Waals surface area contributed by atoms with Crippen molar-refractivity contribution in [2.24, 2.45) is 0 Å². The molecule has 4 nitrogen and oxygen atoms in total. The van der Waals surface area contributed by atoms with Gasteiger partial charge >= 0.3 is 0 Å². The summed E-state index contributed by atoms with van der Waals surface area (Å²) in [5.74, 6) is 1.71. The molecule has 0 aliphatic heterocycles. The van der Waals surface area contributed by atoms with Crippen LogP contribution in [0, 0.1) is 0 Å². The summed E-state index contributed by atoms with van der Waals surface area (Å²) < 4.78 is 10.1. The second-order valence-corrected chi connectivity index (χ2v) is 4.03. The zero-order valence-corrected chi connectivity index (χ0v) is 10.2. The molecule has 2 aromatic rings. The Kier molecular flexibility index (Phi) is 3.54. The van der Waals surface area contributed by atoms with Crippen molar-refractivity contribution in [1.29, 1.82) is 0 Å². The minimum Gasteiger partial charge on any atom is -0.497 e. The molecule has 0 unspecified atom stereocenters. The van der Waals surface area contributed by atoms with E-state index < -0.39 is 0 Å². The molecule has 0 radical (unpaired) electrons. The molecule has 0 saturated heterocycles. The van der Waals surface area contributed by atoms with Crippen molar-refractivity contribution in [3.63, 3.8) is 0 Å². The number of rotatable bonds is 4. The number of benzene rings is 1. The van der Waals surface area contributed by atoms with Crippen molar-refractivity contribution in [3.05, 3.63) is 40.6 Å². The lowest BCUT2D eigenvalue weighted by Gasteiger charge is -2.02. The van der Waals surface area contributed by atoms with Gasteiger partial charge in [0.1, 0.15) is 10.8 Å². The Morgan fingerprint density at radius 1 is 1.29 bits per heavy atom. The topological polar surface area (TPSA) is 61.3 Å². The zero-order valence-electron chi connectivity index (χ0n) is 9.44. The van der Waals surface area contributed by atoms with Crippen LogP contribution in [0.25, 0.3) is 0 Å². The van der Waals surface area contributed by atoms with Crippen LogP contribution in [-0.4, -0.2) is 12.3 Å². The summed E-state index contributed by atoms with van der Waals surface area (Å²) >= 11 is 5.92. The van der Waals surface area contributed by atoms with Gasteiger partial charge in [-0.15, -0.1) is 0 Å². The number of methoxy groups -OCH3 is 1. The third-order valence-corrected chi connectivity index (χ3v) is 2.93. The predicted molar refractivity (Wildman–Crippen MR) is 66.3 cm³/mol. The number of aryl methyl sites for hydroxylation is 2. The molecule has 2 rings (SSSR count). The fourth-order valence-electron chi connectivity index (χ4n) is 1.53. The van der Waals surface area contributed by atoms with Crippen molar-refractivity contribution in [2.45, 2.75) is 12.8 Å². The average molecular weight is 253 g/mol. The van der Waals surface area contributed by atoms with E-state index in [0.717, 1.165) is 12.2 Å². The minimum atomic E-state index is 0.247. The summed E-state index contributed by atoms with van der Waals surface area (Å²) in [4.78, 5) is 0. The molecule has 0 saturated carbocycles. The molecule has 5 heteroatoms. The molecule has 0 amide bonds. The zero-order chi connectivity index (χ0) is 12.3. The van der Waals surface area contributed by atoms with Gasteiger partial charge in [-0.3, -0.25) is 0 Å². The van der Waals surface area contributed by atoms with E-state index in [1.54, 1.807) is 7.11 Å². The van der Waals surface area contributed by atoms with Crippen LogP contribution in [0.5, 0.6) is 5.75 Å². The smallest absolute Gasteiger partial charge is 0.185 e. The maximum absolute atomic E-state index is 5.92. The van der Waals surface area contributed by atoms with E-state index in [1.807, 2.05) is 24.3 Å². The van der Waals surface area contributed by atoms with E-state index in [9.17, 15) is 0 Å². The Balaban J connectivity index is 2.00. The van der Waals surface area contributed by atoms with Crippen LogP contribution < -0.4 is 10.5 Å². The van der Waals surface area contributed by atoms with Gasteiger partial charge in [0.15, 0.2) is 11.6 Å². The lowest BCUT2D eigenvalue weighted by atomic mass is 10.1. The van der Waals surface area contributed by atoms with Crippen molar-refractivity contribution >= 4 is 17.4 Å². The highest BCUT2D eigenvalue weighted by Crippen LogP contribution is 2.24. The van der Waals surface area contributed by atoms with Crippen molar-refractivity contribution in [2.75, 3.05) is 12.8 Å². The first kappa shape index (κ1) is 11.8. The second kappa shape index (κ2) is 5.10. The van der Waals surface area contributed by atoms with E-state index in [2.05, 4.69) is 5.16 Å². The van der Waals surface area contributed by atoms with E-state index in [1.165, 1.54) is 5.56 Å². The monoisotopic (exact) mass is 252 g/mol. The summed E-state index contributed by atoms with van der Waals surface area (Å²) in [7, 11) is 1.64. The highest BCUT2D eigenvalue weighted by molar-refractivity contribution is 6.33. The van der Waals surface area contributed by atoms with Crippen molar-refractivity contribution in [1.82, 2.24) is 5.16 Å². The summed E-state index contributed by atoms with van der Waals surface area (Å²) in [5.41, 5.74) is 6.67. The fourth-order valence-corrected chi connectivity index (χ4v) is 1.70. The first-order chi connectivity index (χ1) is 8.20. The van der Waals surface area contributed by atoms with Crippen molar-refractivity contribution < 1.29 is 9.26 Å². The number of halogens is 1. The number of hydrogen-bond acceptors (Lipinski definition) is 4. The Hall–Kier alpha value is -1.68. The van der Waals surface area contributed by atoms with Crippen LogP contribution in [-0.2, 0) is 12.8 Å². The van der Waals surface area contributed by atoms with Crippen LogP contribution >= 0.6 is 11.6 Å². The van der Waals surface area contributed by atoms with E-state index in [-0.39, 0.29) is 5.82 Å². The second-order valence-electron chi connectivity index (χ2n) is 3.65. The third-order valence-electron chi connectivity index (χ3n) is 2.52. The first-order valence-corrected chi connectivity index (χ1v) is 5.61. The lowest BCUT2D eigenvalue weighted by molar-refractivity contribution is 0.386. The average Bonchev–Trinajstić information content (AvgIpc) is 2.68. The number of hydrogen-bond donors (Lipinski definition) is 1. The summed E-state index contributed by atoms with van der Waals surface area (Å²) in [6, 6.07) is 7.86. The Labute approximate surface area is 104 Å². The van der Waals surface area contributed by atoms with Gasteiger partial charge < -0.3 is 15.0 Å². The number of nitrogens with zero attached hydrogens (tertiary/aromatic N) is 1. The highest BCUT2D eigenvalue weighted by Gasteiger charge is 2.10.